The van der Waals surface area contributed by atoms with E-state index >= 15 is 0 Å². The maximum atomic E-state index is 11.4. The molecular weight excluding hydrogens is 366 g/mol. The molecule has 1 aromatic carbocycles. The van der Waals surface area contributed by atoms with E-state index in [4.69, 9.17) is 25.8 Å². The van der Waals surface area contributed by atoms with E-state index in [9.17, 15) is 9.59 Å². The number of halogens is 2. The van der Waals surface area contributed by atoms with Crippen molar-refractivity contribution in [1.82, 2.24) is 5.32 Å². The average Bonchev–Trinajstić information content (AvgIpc) is 2.44. The van der Waals surface area contributed by atoms with Crippen LogP contribution in [0.5, 0.6) is 5.75 Å². The van der Waals surface area contributed by atoms with E-state index in [0.717, 1.165) is 0 Å². The van der Waals surface area contributed by atoms with Crippen molar-refractivity contribution in [2.45, 2.75) is 0 Å². The van der Waals surface area contributed by atoms with Crippen LogP contribution in [0.2, 0.25) is 5.02 Å². The van der Waals surface area contributed by atoms with Crippen LogP contribution in [0, 0.1) is 0 Å². The fourth-order valence-electron chi connectivity index (χ4n) is 1.26. The first-order valence-corrected chi connectivity index (χ1v) is 7.19. The number of methoxy groups -OCH3 is 1. The average molecular weight is 381 g/mol. The number of amides is 1. The Balaban J connectivity index is 2.26. The molecule has 0 atom stereocenters. The Kier molecular flexibility index (Phi) is 8.11. The highest BCUT2D eigenvalue weighted by atomic mass is 79.9. The predicted octanol–water partition coefficient (Wildman–Crippen LogP) is 1.79. The molecule has 116 valence electrons. The Morgan fingerprint density at radius 1 is 1.33 bits per heavy atom. The van der Waals surface area contributed by atoms with Crippen LogP contribution in [0.1, 0.15) is 0 Å². The van der Waals surface area contributed by atoms with Crippen molar-refractivity contribution in [3.8, 4) is 5.75 Å². The lowest BCUT2D eigenvalue weighted by molar-refractivity contribution is -0.150. The Hall–Kier alpha value is -1.31. The summed E-state index contributed by atoms with van der Waals surface area (Å²) >= 11 is 9.04. The molecule has 0 spiro atoms. The number of benzene rings is 1. The second kappa shape index (κ2) is 9.59. The molecular formula is C13H15BrClNO5. The maximum Gasteiger partial charge on any atom is 0.344 e. The van der Waals surface area contributed by atoms with Crippen LogP contribution >= 0.6 is 27.5 Å². The van der Waals surface area contributed by atoms with Gasteiger partial charge in [0.2, 0.25) is 0 Å². The smallest absolute Gasteiger partial charge is 0.344 e. The number of hydrogen-bond donors (Lipinski definition) is 1. The summed E-state index contributed by atoms with van der Waals surface area (Å²) in [6.07, 6.45) is 0. The van der Waals surface area contributed by atoms with E-state index in [1.807, 2.05) is 0 Å². The van der Waals surface area contributed by atoms with Crippen molar-refractivity contribution < 1.29 is 23.8 Å². The summed E-state index contributed by atoms with van der Waals surface area (Å²) in [7, 11) is 1.53. The predicted molar refractivity (Wildman–Crippen MR) is 80.5 cm³/mol. The molecule has 21 heavy (non-hydrogen) atoms. The van der Waals surface area contributed by atoms with Crippen LogP contribution in [-0.4, -0.2) is 45.4 Å². The molecule has 0 bridgehead atoms. The van der Waals surface area contributed by atoms with Gasteiger partial charge in [0, 0.05) is 18.7 Å². The van der Waals surface area contributed by atoms with Gasteiger partial charge in [0.1, 0.15) is 5.75 Å². The van der Waals surface area contributed by atoms with Crippen molar-refractivity contribution in [2.75, 3.05) is 33.5 Å². The van der Waals surface area contributed by atoms with E-state index in [-0.39, 0.29) is 13.2 Å². The van der Waals surface area contributed by atoms with Crippen molar-refractivity contribution in [1.29, 1.82) is 0 Å². The van der Waals surface area contributed by atoms with Gasteiger partial charge in [0.15, 0.2) is 13.2 Å². The normalized spacial score (nSPS) is 10.0. The molecule has 6 nitrogen and oxygen atoms in total. The van der Waals surface area contributed by atoms with Crippen LogP contribution < -0.4 is 10.1 Å². The lowest BCUT2D eigenvalue weighted by Crippen LogP contribution is -2.32. The quantitative estimate of drug-likeness (QED) is 0.550. The van der Waals surface area contributed by atoms with Gasteiger partial charge in [-0.05, 0) is 34.1 Å². The summed E-state index contributed by atoms with van der Waals surface area (Å²) < 4.78 is 15.4. The molecule has 1 N–H and O–H groups in total. The molecule has 1 amide bonds. The lowest BCUT2D eigenvalue weighted by atomic mass is 10.3. The summed E-state index contributed by atoms with van der Waals surface area (Å²) in [6, 6.07) is 4.90. The van der Waals surface area contributed by atoms with Crippen molar-refractivity contribution in [3.63, 3.8) is 0 Å². The number of rotatable bonds is 8. The summed E-state index contributed by atoms with van der Waals surface area (Å²) in [5.74, 6) is -0.576. The van der Waals surface area contributed by atoms with Gasteiger partial charge in [-0.15, -0.1) is 0 Å². The molecule has 0 fully saturated rings. The lowest BCUT2D eigenvalue weighted by Gasteiger charge is -2.09. The summed E-state index contributed by atoms with van der Waals surface area (Å²) in [4.78, 5) is 22.7. The molecule has 0 saturated heterocycles. The van der Waals surface area contributed by atoms with E-state index in [2.05, 4.69) is 21.2 Å². The molecule has 1 aromatic rings. The van der Waals surface area contributed by atoms with E-state index in [0.29, 0.717) is 28.4 Å². The van der Waals surface area contributed by atoms with Gasteiger partial charge < -0.3 is 19.5 Å². The van der Waals surface area contributed by atoms with Gasteiger partial charge in [0.25, 0.3) is 5.91 Å². The van der Waals surface area contributed by atoms with Gasteiger partial charge in [0.05, 0.1) is 11.1 Å². The van der Waals surface area contributed by atoms with Crippen LogP contribution in [0.25, 0.3) is 0 Å². The van der Waals surface area contributed by atoms with Crippen LogP contribution in [-0.2, 0) is 19.1 Å². The molecule has 0 aliphatic heterocycles. The number of ether oxygens (including phenoxy) is 3. The van der Waals surface area contributed by atoms with E-state index < -0.39 is 11.9 Å². The summed E-state index contributed by atoms with van der Waals surface area (Å²) in [6.45, 7) is 0.105. The SMILES string of the molecule is COCCNC(=O)COC(=O)COc1ccc(Cl)cc1Br. The minimum atomic E-state index is -0.640. The standard InChI is InChI=1S/C13H15BrClNO5/c1-19-5-4-16-12(17)7-21-13(18)8-20-11-3-2-9(15)6-10(11)14/h2-3,6H,4-5,7-8H2,1H3,(H,16,17). The van der Waals surface area contributed by atoms with Gasteiger partial charge in [-0.1, -0.05) is 11.6 Å². The Labute approximate surface area is 135 Å². The van der Waals surface area contributed by atoms with E-state index in [1.165, 1.54) is 7.11 Å². The molecule has 0 unspecified atom stereocenters. The Morgan fingerprint density at radius 3 is 2.76 bits per heavy atom. The first-order chi connectivity index (χ1) is 10.0. The first-order valence-electron chi connectivity index (χ1n) is 6.02. The number of carbonyl (C=O) groups excluding carboxylic acids is 2. The van der Waals surface area contributed by atoms with Crippen molar-refractivity contribution >= 4 is 39.4 Å². The molecule has 1 rings (SSSR count). The molecule has 0 aliphatic carbocycles. The van der Waals surface area contributed by atoms with Crippen LogP contribution in [0.3, 0.4) is 0 Å². The third-order valence-electron chi connectivity index (χ3n) is 2.23. The second-order valence-electron chi connectivity index (χ2n) is 3.87. The second-order valence-corrected chi connectivity index (χ2v) is 5.16. The zero-order valence-electron chi connectivity index (χ0n) is 11.4. The van der Waals surface area contributed by atoms with E-state index in [1.54, 1.807) is 18.2 Å². The highest BCUT2D eigenvalue weighted by molar-refractivity contribution is 9.10. The zero-order valence-corrected chi connectivity index (χ0v) is 13.7. The molecule has 0 aliphatic rings. The Bertz CT molecular complexity index is 497. The van der Waals surface area contributed by atoms with Crippen LogP contribution in [0.4, 0.5) is 0 Å². The van der Waals surface area contributed by atoms with Gasteiger partial charge in [-0.2, -0.15) is 0 Å². The van der Waals surface area contributed by atoms with Crippen molar-refractivity contribution in [3.05, 3.63) is 27.7 Å². The fraction of sp³-hybridized carbons (Fsp3) is 0.385. The molecule has 0 saturated carbocycles. The number of carbonyl (C=O) groups is 2. The minimum Gasteiger partial charge on any atom is -0.481 e. The third-order valence-corrected chi connectivity index (χ3v) is 3.09. The van der Waals surface area contributed by atoms with Crippen LogP contribution in [0.15, 0.2) is 22.7 Å². The van der Waals surface area contributed by atoms with Gasteiger partial charge in [-0.25, -0.2) is 4.79 Å². The topological polar surface area (TPSA) is 73.9 Å². The maximum absolute atomic E-state index is 11.4. The van der Waals surface area contributed by atoms with Gasteiger partial charge >= 0.3 is 5.97 Å². The number of nitrogens with one attached hydrogen (secondary N) is 1. The molecule has 8 heteroatoms. The zero-order chi connectivity index (χ0) is 15.7. The largest absolute Gasteiger partial charge is 0.481 e. The molecule has 0 aromatic heterocycles. The first kappa shape index (κ1) is 17.7. The summed E-state index contributed by atoms with van der Waals surface area (Å²) in [5.41, 5.74) is 0. The minimum absolute atomic E-state index is 0.300. The Morgan fingerprint density at radius 2 is 2.10 bits per heavy atom. The third kappa shape index (κ3) is 7.31. The van der Waals surface area contributed by atoms with Gasteiger partial charge in [-0.3, -0.25) is 4.79 Å². The summed E-state index contributed by atoms with van der Waals surface area (Å²) in [5, 5.41) is 3.07. The number of esters is 1. The van der Waals surface area contributed by atoms with Crippen molar-refractivity contribution in [2.24, 2.45) is 0 Å². The highest BCUT2D eigenvalue weighted by Crippen LogP contribution is 2.27. The number of hydrogen-bond acceptors (Lipinski definition) is 5. The highest BCUT2D eigenvalue weighted by Gasteiger charge is 2.09. The molecule has 0 radical (unpaired) electrons. The fourth-order valence-corrected chi connectivity index (χ4v) is 2.06. The monoisotopic (exact) mass is 379 g/mol. The molecule has 0 heterocycles.